The molecule has 148 valence electrons. The van der Waals surface area contributed by atoms with Gasteiger partial charge in [-0.3, -0.25) is 0 Å². The average molecular weight is 360 g/mol. The molecule has 0 saturated heterocycles. The van der Waals surface area contributed by atoms with Crippen molar-refractivity contribution in [2.45, 2.75) is 97.8 Å². The van der Waals surface area contributed by atoms with E-state index in [0.29, 0.717) is 18.8 Å². The molecule has 3 atom stereocenters. The van der Waals surface area contributed by atoms with Gasteiger partial charge in [-0.1, -0.05) is 33.1 Å². The largest absolute Gasteiger partial charge is 0.480 e. The SMILES string of the molecule is CC(C)CCC(CCCCC(NC(=O)OC(C)(C)C)C(=O)O)[C@H](C)O. The number of ether oxygens (including phenoxy) is 1. The van der Waals surface area contributed by atoms with Gasteiger partial charge < -0.3 is 20.3 Å². The van der Waals surface area contributed by atoms with Crippen molar-refractivity contribution in [3.05, 3.63) is 0 Å². The number of hydrogen-bond donors (Lipinski definition) is 3. The Morgan fingerprint density at radius 1 is 1.00 bits per heavy atom. The summed E-state index contributed by atoms with van der Waals surface area (Å²) in [5.74, 6) is -0.210. The summed E-state index contributed by atoms with van der Waals surface area (Å²) in [6.07, 6.45) is 3.72. The summed E-state index contributed by atoms with van der Waals surface area (Å²) in [5.41, 5.74) is -0.659. The number of aliphatic hydroxyl groups excluding tert-OH is 1. The fourth-order valence-corrected chi connectivity index (χ4v) is 2.64. The third-order valence-corrected chi connectivity index (χ3v) is 4.10. The van der Waals surface area contributed by atoms with Crippen LogP contribution in [0.5, 0.6) is 0 Å². The lowest BCUT2D eigenvalue weighted by Gasteiger charge is -2.23. The first-order valence-electron chi connectivity index (χ1n) is 9.32. The molecule has 0 spiro atoms. The first-order valence-corrected chi connectivity index (χ1v) is 9.32. The molecule has 1 amide bonds. The number of nitrogens with one attached hydrogen (secondary N) is 1. The van der Waals surface area contributed by atoms with Crippen LogP contribution in [0.4, 0.5) is 4.79 Å². The number of unbranched alkanes of at least 4 members (excludes halogenated alkanes) is 1. The van der Waals surface area contributed by atoms with E-state index in [1.54, 1.807) is 20.8 Å². The number of rotatable bonds is 11. The Labute approximate surface area is 152 Å². The quantitative estimate of drug-likeness (QED) is 0.485. The van der Waals surface area contributed by atoms with Crippen LogP contribution < -0.4 is 5.32 Å². The first-order chi connectivity index (χ1) is 11.4. The van der Waals surface area contributed by atoms with Crippen molar-refractivity contribution in [1.29, 1.82) is 0 Å². The molecule has 0 radical (unpaired) electrons. The first kappa shape index (κ1) is 23.7. The zero-order chi connectivity index (χ0) is 19.6. The van der Waals surface area contributed by atoms with Gasteiger partial charge in [0, 0.05) is 0 Å². The van der Waals surface area contributed by atoms with E-state index < -0.39 is 23.7 Å². The van der Waals surface area contributed by atoms with Crippen LogP contribution in [0.1, 0.15) is 80.1 Å². The van der Waals surface area contributed by atoms with Gasteiger partial charge in [0.1, 0.15) is 11.6 Å². The van der Waals surface area contributed by atoms with Crippen LogP contribution in [0.25, 0.3) is 0 Å². The molecule has 0 heterocycles. The maximum atomic E-state index is 11.7. The minimum atomic E-state index is -1.06. The van der Waals surface area contributed by atoms with E-state index in [1.165, 1.54) is 0 Å². The van der Waals surface area contributed by atoms with Crippen LogP contribution in [0.15, 0.2) is 0 Å². The molecular weight excluding hydrogens is 322 g/mol. The van der Waals surface area contributed by atoms with Crippen molar-refractivity contribution in [3.8, 4) is 0 Å². The van der Waals surface area contributed by atoms with E-state index in [9.17, 15) is 19.8 Å². The number of aliphatic carboxylic acids is 1. The molecule has 0 aromatic heterocycles. The maximum absolute atomic E-state index is 11.7. The van der Waals surface area contributed by atoms with E-state index in [1.807, 2.05) is 6.92 Å². The van der Waals surface area contributed by atoms with Gasteiger partial charge in [0.25, 0.3) is 0 Å². The van der Waals surface area contributed by atoms with Crippen molar-refractivity contribution in [3.63, 3.8) is 0 Å². The number of carboxylic acid groups (broad SMARTS) is 1. The van der Waals surface area contributed by atoms with Gasteiger partial charge in [-0.05, 0) is 58.8 Å². The molecule has 0 fully saturated rings. The number of aliphatic hydroxyl groups is 1. The van der Waals surface area contributed by atoms with Crippen LogP contribution in [0, 0.1) is 11.8 Å². The third-order valence-electron chi connectivity index (χ3n) is 4.10. The summed E-state index contributed by atoms with van der Waals surface area (Å²) < 4.78 is 5.10. The number of carbonyl (C=O) groups excluding carboxylic acids is 1. The van der Waals surface area contributed by atoms with E-state index in [0.717, 1.165) is 25.7 Å². The van der Waals surface area contributed by atoms with Gasteiger partial charge in [0.15, 0.2) is 0 Å². The summed E-state index contributed by atoms with van der Waals surface area (Å²) in [6, 6.07) is -0.949. The second-order valence-corrected chi connectivity index (χ2v) is 8.29. The molecule has 0 aromatic carbocycles. The molecule has 0 aliphatic heterocycles. The van der Waals surface area contributed by atoms with Crippen LogP contribution in [-0.2, 0) is 9.53 Å². The van der Waals surface area contributed by atoms with Gasteiger partial charge in [0.05, 0.1) is 6.10 Å². The van der Waals surface area contributed by atoms with Crippen molar-refractivity contribution < 1.29 is 24.5 Å². The summed E-state index contributed by atoms with van der Waals surface area (Å²) >= 11 is 0. The summed E-state index contributed by atoms with van der Waals surface area (Å²) in [5, 5.41) is 21.5. The fraction of sp³-hybridized carbons (Fsp3) is 0.895. The van der Waals surface area contributed by atoms with Gasteiger partial charge in [-0.15, -0.1) is 0 Å². The van der Waals surface area contributed by atoms with Crippen LogP contribution >= 0.6 is 0 Å². The molecular formula is C19H37NO5. The molecule has 6 heteroatoms. The molecule has 0 saturated carbocycles. The summed E-state index contributed by atoms with van der Waals surface area (Å²) in [4.78, 5) is 23.0. The van der Waals surface area contributed by atoms with Crippen molar-refractivity contribution in [2.24, 2.45) is 11.8 Å². The highest BCUT2D eigenvalue weighted by Gasteiger charge is 2.24. The van der Waals surface area contributed by atoms with E-state index in [4.69, 9.17) is 4.74 Å². The molecule has 0 aliphatic rings. The molecule has 0 aliphatic carbocycles. The van der Waals surface area contributed by atoms with E-state index >= 15 is 0 Å². The normalized spacial score (nSPS) is 15.5. The number of alkyl carbamates (subject to hydrolysis) is 1. The van der Waals surface area contributed by atoms with Gasteiger partial charge in [-0.25, -0.2) is 9.59 Å². The van der Waals surface area contributed by atoms with E-state index in [-0.39, 0.29) is 12.0 Å². The number of amides is 1. The zero-order valence-electron chi connectivity index (χ0n) is 16.7. The smallest absolute Gasteiger partial charge is 0.408 e. The number of carbonyl (C=O) groups is 2. The maximum Gasteiger partial charge on any atom is 0.408 e. The standard InChI is InChI=1S/C19H37NO5/c1-13(2)11-12-15(14(3)21)9-7-8-10-16(17(22)23)20-18(24)25-19(4,5)6/h13-16,21H,7-12H2,1-6H3,(H,20,24)(H,22,23)/t14-,15?,16?/m0/s1. The Morgan fingerprint density at radius 3 is 2.00 bits per heavy atom. The van der Waals surface area contributed by atoms with Crippen LogP contribution in [0.3, 0.4) is 0 Å². The van der Waals surface area contributed by atoms with Crippen LogP contribution in [-0.4, -0.2) is 40.0 Å². The molecule has 0 bridgehead atoms. The predicted molar refractivity (Wildman–Crippen MR) is 98.5 cm³/mol. The predicted octanol–water partition coefficient (Wildman–Crippen LogP) is 3.96. The molecule has 0 rings (SSSR count). The minimum absolute atomic E-state index is 0.240. The Hall–Kier alpha value is -1.30. The molecule has 2 unspecified atom stereocenters. The summed E-state index contributed by atoms with van der Waals surface area (Å²) in [7, 11) is 0. The second kappa shape index (κ2) is 11.3. The lowest BCUT2D eigenvalue weighted by Crippen LogP contribution is -2.43. The highest BCUT2D eigenvalue weighted by Crippen LogP contribution is 2.22. The van der Waals surface area contributed by atoms with Gasteiger partial charge in [0.2, 0.25) is 0 Å². The van der Waals surface area contributed by atoms with Gasteiger partial charge in [-0.2, -0.15) is 0 Å². The molecule has 0 aromatic rings. The topological polar surface area (TPSA) is 95.9 Å². The highest BCUT2D eigenvalue weighted by atomic mass is 16.6. The van der Waals surface area contributed by atoms with E-state index in [2.05, 4.69) is 19.2 Å². The van der Waals surface area contributed by atoms with Crippen molar-refractivity contribution >= 4 is 12.1 Å². The Kier molecular flexibility index (Phi) is 10.8. The Bertz CT molecular complexity index is 401. The molecule has 3 N–H and O–H groups in total. The average Bonchev–Trinajstić information content (AvgIpc) is 2.42. The van der Waals surface area contributed by atoms with Crippen molar-refractivity contribution in [1.82, 2.24) is 5.32 Å². The summed E-state index contributed by atoms with van der Waals surface area (Å²) in [6.45, 7) is 11.3. The Balaban J connectivity index is 4.30. The fourth-order valence-electron chi connectivity index (χ4n) is 2.64. The monoisotopic (exact) mass is 359 g/mol. The lowest BCUT2D eigenvalue weighted by molar-refractivity contribution is -0.139. The number of carboxylic acids is 1. The van der Waals surface area contributed by atoms with Crippen LogP contribution in [0.2, 0.25) is 0 Å². The van der Waals surface area contributed by atoms with Gasteiger partial charge >= 0.3 is 12.1 Å². The van der Waals surface area contributed by atoms with Crippen molar-refractivity contribution in [2.75, 3.05) is 0 Å². The highest BCUT2D eigenvalue weighted by molar-refractivity contribution is 5.79. The number of hydrogen-bond acceptors (Lipinski definition) is 4. The Morgan fingerprint density at radius 2 is 1.56 bits per heavy atom. The minimum Gasteiger partial charge on any atom is -0.480 e. The molecule has 6 nitrogen and oxygen atoms in total. The zero-order valence-corrected chi connectivity index (χ0v) is 16.7. The molecule has 25 heavy (non-hydrogen) atoms. The third kappa shape index (κ3) is 12.7. The second-order valence-electron chi connectivity index (χ2n) is 8.29. The lowest BCUT2D eigenvalue weighted by atomic mass is 9.89.